The van der Waals surface area contributed by atoms with Gasteiger partial charge < -0.3 is 25.3 Å². The topological polar surface area (TPSA) is 25.8 Å². The molecule has 4 rings (SSSR count). The number of para-hydroxylation sites is 2. The average Bonchev–Trinajstić information content (AvgIpc) is 2.57. The van der Waals surface area contributed by atoms with Gasteiger partial charge in [-0.2, -0.15) is 0 Å². The van der Waals surface area contributed by atoms with E-state index in [1.54, 1.807) is 12.4 Å². The molecule has 117 valence electrons. The zero-order valence-electron chi connectivity index (χ0n) is 11.9. The molecule has 2 aromatic heterocycles. The van der Waals surface area contributed by atoms with E-state index in [-0.39, 0.29) is 17.1 Å². The molecule has 0 unspecified atom stereocenters. The van der Waals surface area contributed by atoms with E-state index in [1.165, 1.54) is 0 Å². The number of hydrogen-bond acceptors (Lipinski definition) is 4. The predicted octanol–water partition coefficient (Wildman–Crippen LogP) is 4.28. The summed E-state index contributed by atoms with van der Waals surface area (Å²) < 4.78 is 0. The molecule has 0 aliphatic carbocycles. The maximum Gasteiger partial charge on any atom is 2.00 e. The Balaban J connectivity index is 0.000000160. The number of aromatic nitrogens is 2. The fourth-order valence-electron chi connectivity index (χ4n) is 2.15. The van der Waals surface area contributed by atoms with E-state index in [0.717, 1.165) is 31.6 Å². The van der Waals surface area contributed by atoms with Crippen molar-refractivity contribution >= 4 is 47.1 Å². The molecule has 4 aromatic rings. The summed E-state index contributed by atoms with van der Waals surface area (Å²) in [5, 5.41) is 2.22. The Morgan fingerprint density at radius 2 is 0.957 bits per heavy atom. The van der Waals surface area contributed by atoms with E-state index in [9.17, 15) is 0 Å². The smallest absolute Gasteiger partial charge is 0.778 e. The largest absolute Gasteiger partial charge is 2.00 e. The summed E-state index contributed by atoms with van der Waals surface area (Å²) in [4.78, 5) is 10.00. The number of benzene rings is 2. The van der Waals surface area contributed by atoms with Gasteiger partial charge in [-0.3, -0.25) is 9.97 Å². The maximum atomic E-state index is 5.09. The molecular formula is C18H12CuN2S2. The molecule has 2 nitrogen and oxygen atoms in total. The van der Waals surface area contributed by atoms with Crippen LogP contribution in [0.1, 0.15) is 0 Å². The first-order valence-corrected chi connectivity index (χ1v) is 7.59. The third-order valence-corrected chi connectivity index (χ3v) is 3.85. The van der Waals surface area contributed by atoms with Crippen LogP contribution in [-0.2, 0) is 42.3 Å². The van der Waals surface area contributed by atoms with Crippen molar-refractivity contribution < 1.29 is 17.1 Å². The van der Waals surface area contributed by atoms with Crippen LogP contribution >= 0.6 is 0 Å². The summed E-state index contributed by atoms with van der Waals surface area (Å²) in [6.45, 7) is 0. The number of rotatable bonds is 0. The van der Waals surface area contributed by atoms with Gasteiger partial charge in [0.2, 0.25) is 0 Å². The molecule has 0 atom stereocenters. The summed E-state index contributed by atoms with van der Waals surface area (Å²) >= 11 is 10.2. The molecule has 1 radical (unpaired) electrons. The van der Waals surface area contributed by atoms with E-state index in [4.69, 9.17) is 25.3 Å². The Morgan fingerprint density at radius 3 is 1.35 bits per heavy atom. The van der Waals surface area contributed by atoms with Crippen LogP contribution < -0.4 is 0 Å². The van der Waals surface area contributed by atoms with Crippen LogP contribution in [0.15, 0.2) is 82.8 Å². The predicted molar refractivity (Wildman–Crippen MR) is 94.7 cm³/mol. The second-order valence-corrected chi connectivity index (χ2v) is 5.54. The van der Waals surface area contributed by atoms with Gasteiger partial charge in [0.1, 0.15) is 0 Å². The second-order valence-electron chi connectivity index (χ2n) is 4.66. The van der Waals surface area contributed by atoms with Crippen molar-refractivity contribution in [3.05, 3.63) is 73.1 Å². The Kier molecular flexibility index (Phi) is 6.25. The fourth-order valence-corrected chi connectivity index (χ4v) is 2.65. The molecule has 0 aliphatic heterocycles. The molecule has 0 saturated heterocycles. The van der Waals surface area contributed by atoms with Gasteiger partial charge in [0.25, 0.3) is 0 Å². The number of hydrogen-bond donors (Lipinski definition) is 0. The van der Waals surface area contributed by atoms with E-state index in [2.05, 4.69) is 9.97 Å². The third kappa shape index (κ3) is 4.15. The van der Waals surface area contributed by atoms with Crippen LogP contribution in [0.2, 0.25) is 0 Å². The molecular weight excluding hydrogens is 372 g/mol. The zero-order chi connectivity index (χ0) is 15.4. The van der Waals surface area contributed by atoms with Gasteiger partial charge in [-0.05, 0) is 22.9 Å². The molecule has 2 heterocycles. The summed E-state index contributed by atoms with van der Waals surface area (Å²) in [5.41, 5.74) is 1.84. The van der Waals surface area contributed by atoms with Crippen molar-refractivity contribution in [2.45, 2.75) is 9.79 Å². The van der Waals surface area contributed by atoms with Gasteiger partial charge in [0.15, 0.2) is 0 Å². The standard InChI is InChI=1S/2C9H7NS.Cu/c2*11-8-5-1-3-7-4-2-6-10-9(7)8;/h2*1-6,11H;/q;;+2/p-2. The Morgan fingerprint density at radius 1 is 0.565 bits per heavy atom. The van der Waals surface area contributed by atoms with Crippen LogP contribution in [0.5, 0.6) is 0 Å². The second kappa shape index (κ2) is 8.18. The van der Waals surface area contributed by atoms with E-state index >= 15 is 0 Å². The molecule has 0 aliphatic rings. The van der Waals surface area contributed by atoms with Crippen LogP contribution in [0, 0.1) is 0 Å². The molecule has 0 bridgehead atoms. The Bertz CT molecular complexity index is 841. The van der Waals surface area contributed by atoms with Crippen molar-refractivity contribution in [1.29, 1.82) is 0 Å². The maximum absolute atomic E-state index is 5.09. The molecule has 0 saturated carbocycles. The van der Waals surface area contributed by atoms with Crippen molar-refractivity contribution in [1.82, 2.24) is 9.97 Å². The van der Waals surface area contributed by atoms with Crippen LogP contribution in [0.25, 0.3) is 21.8 Å². The summed E-state index contributed by atoms with van der Waals surface area (Å²) in [6, 6.07) is 19.6. The fraction of sp³-hybridized carbons (Fsp3) is 0. The zero-order valence-corrected chi connectivity index (χ0v) is 14.5. The quantitative estimate of drug-likeness (QED) is 0.334. The molecule has 0 N–H and O–H groups in total. The first kappa shape index (κ1) is 17.6. The summed E-state index contributed by atoms with van der Waals surface area (Å²) in [5.74, 6) is 0. The molecule has 23 heavy (non-hydrogen) atoms. The van der Waals surface area contributed by atoms with Crippen LogP contribution in [0.4, 0.5) is 0 Å². The van der Waals surface area contributed by atoms with Crippen molar-refractivity contribution in [3.63, 3.8) is 0 Å². The first-order chi connectivity index (χ1) is 10.8. The van der Waals surface area contributed by atoms with Gasteiger partial charge in [0, 0.05) is 12.4 Å². The molecule has 5 heteroatoms. The normalized spacial score (nSPS) is 9.74. The SMILES string of the molecule is [Cu+2].[S-]c1cccc2cccnc12.[S-]c1cccc2cccnc12. The number of pyridine rings is 2. The van der Waals surface area contributed by atoms with Crippen molar-refractivity contribution in [3.8, 4) is 0 Å². The van der Waals surface area contributed by atoms with Gasteiger partial charge >= 0.3 is 17.1 Å². The number of nitrogens with zero attached hydrogens (tertiary/aromatic N) is 2. The van der Waals surface area contributed by atoms with Gasteiger partial charge in [-0.25, -0.2) is 0 Å². The monoisotopic (exact) mass is 383 g/mol. The Labute approximate surface area is 156 Å². The average molecular weight is 384 g/mol. The molecule has 0 spiro atoms. The molecule has 0 fully saturated rings. The molecule has 0 amide bonds. The van der Waals surface area contributed by atoms with E-state index in [1.807, 2.05) is 60.7 Å². The first-order valence-electron chi connectivity index (χ1n) is 6.77. The van der Waals surface area contributed by atoms with E-state index < -0.39 is 0 Å². The Hall–Kier alpha value is -1.78. The minimum atomic E-state index is 0. The minimum Gasteiger partial charge on any atom is -0.778 e. The summed E-state index contributed by atoms with van der Waals surface area (Å²) in [7, 11) is 0. The minimum absolute atomic E-state index is 0. The van der Waals surface area contributed by atoms with Crippen LogP contribution in [0.3, 0.4) is 0 Å². The van der Waals surface area contributed by atoms with Gasteiger partial charge in [0.05, 0.1) is 11.0 Å². The van der Waals surface area contributed by atoms with Crippen LogP contribution in [-0.4, -0.2) is 9.97 Å². The van der Waals surface area contributed by atoms with Crippen molar-refractivity contribution in [2.24, 2.45) is 0 Å². The number of fused-ring (bicyclic) bond motifs is 2. The van der Waals surface area contributed by atoms with Crippen molar-refractivity contribution in [2.75, 3.05) is 0 Å². The van der Waals surface area contributed by atoms with E-state index in [0.29, 0.717) is 0 Å². The summed E-state index contributed by atoms with van der Waals surface area (Å²) in [6.07, 6.45) is 3.52. The molecule has 2 aromatic carbocycles. The van der Waals surface area contributed by atoms with Gasteiger partial charge in [-0.15, -0.1) is 9.79 Å². The third-order valence-electron chi connectivity index (χ3n) is 3.19. The van der Waals surface area contributed by atoms with Gasteiger partial charge in [-0.1, -0.05) is 48.5 Å².